The first-order valence-corrected chi connectivity index (χ1v) is 7.40. The van der Waals surface area contributed by atoms with E-state index in [2.05, 4.69) is 37.6 Å². The van der Waals surface area contributed by atoms with Gasteiger partial charge in [-0.15, -0.1) is 0 Å². The Morgan fingerprint density at radius 1 is 1.05 bits per heavy atom. The van der Waals surface area contributed by atoms with E-state index in [1.165, 1.54) is 12.1 Å². The predicted octanol–water partition coefficient (Wildman–Crippen LogP) is 3.45. The second-order valence-electron chi connectivity index (χ2n) is 4.54. The molecule has 0 atom stereocenters. The van der Waals surface area contributed by atoms with E-state index in [0.29, 0.717) is 19.0 Å². The fourth-order valence-corrected chi connectivity index (χ4v) is 2.29. The highest BCUT2D eigenvalue weighted by atomic mass is 79.9. The van der Waals surface area contributed by atoms with Crippen molar-refractivity contribution in [1.29, 1.82) is 0 Å². The van der Waals surface area contributed by atoms with Crippen LogP contribution in [0.5, 0.6) is 0 Å². The third kappa shape index (κ3) is 5.19. The van der Waals surface area contributed by atoms with Crippen LogP contribution in [0.25, 0.3) is 0 Å². The molecule has 0 aliphatic heterocycles. The van der Waals surface area contributed by atoms with E-state index < -0.39 is 0 Å². The number of guanidine groups is 1. The molecule has 0 fully saturated rings. The van der Waals surface area contributed by atoms with Crippen LogP contribution in [0.4, 0.5) is 4.39 Å². The summed E-state index contributed by atoms with van der Waals surface area (Å²) in [6, 6.07) is 14.5. The third-order valence-electron chi connectivity index (χ3n) is 2.95. The van der Waals surface area contributed by atoms with Crippen LogP contribution in [-0.2, 0) is 13.1 Å². The van der Waals surface area contributed by atoms with Crippen LogP contribution < -0.4 is 10.6 Å². The van der Waals surface area contributed by atoms with E-state index in [-0.39, 0.29) is 5.82 Å². The molecule has 0 unspecified atom stereocenters. The van der Waals surface area contributed by atoms with Gasteiger partial charge < -0.3 is 10.6 Å². The van der Waals surface area contributed by atoms with Gasteiger partial charge in [0.1, 0.15) is 5.82 Å². The number of benzene rings is 2. The zero-order valence-electron chi connectivity index (χ0n) is 11.7. The Labute approximate surface area is 132 Å². The van der Waals surface area contributed by atoms with Crippen molar-refractivity contribution in [3.05, 3.63) is 69.9 Å². The smallest absolute Gasteiger partial charge is 0.191 e. The highest BCUT2D eigenvalue weighted by Gasteiger charge is 2.00. The Morgan fingerprint density at radius 3 is 2.33 bits per heavy atom. The molecule has 110 valence electrons. The lowest BCUT2D eigenvalue weighted by molar-refractivity contribution is 0.626. The first-order chi connectivity index (χ1) is 10.2. The van der Waals surface area contributed by atoms with Crippen molar-refractivity contribution >= 4 is 21.9 Å². The molecule has 0 saturated heterocycles. The molecular formula is C16H17BrFN3. The minimum Gasteiger partial charge on any atom is -0.352 e. The zero-order chi connectivity index (χ0) is 15.1. The normalized spacial score (nSPS) is 11.3. The predicted molar refractivity (Wildman–Crippen MR) is 87.6 cm³/mol. The third-order valence-corrected chi connectivity index (χ3v) is 3.44. The Balaban J connectivity index is 1.85. The van der Waals surface area contributed by atoms with Gasteiger partial charge >= 0.3 is 0 Å². The lowest BCUT2D eigenvalue weighted by atomic mass is 10.2. The Hall–Kier alpha value is -1.88. The topological polar surface area (TPSA) is 36.4 Å². The molecule has 0 amide bonds. The van der Waals surface area contributed by atoms with Crippen LogP contribution in [0.2, 0.25) is 0 Å². The van der Waals surface area contributed by atoms with Gasteiger partial charge in [0.25, 0.3) is 0 Å². The number of aliphatic imine (C=N–C) groups is 1. The van der Waals surface area contributed by atoms with Crippen LogP contribution in [0, 0.1) is 5.82 Å². The molecule has 21 heavy (non-hydrogen) atoms. The first-order valence-electron chi connectivity index (χ1n) is 6.61. The quantitative estimate of drug-likeness (QED) is 0.655. The number of rotatable bonds is 4. The van der Waals surface area contributed by atoms with E-state index >= 15 is 0 Å². The Morgan fingerprint density at radius 2 is 1.71 bits per heavy atom. The molecule has 5 heteroatoms. The molecule has 0 spiro atoms. The average molecular weight is 350 g/mol. The van der Waals surface area contributed by atoms with Crippen molar-refractivity contribution in [3.63, 3.8) is 0 Å². The standard InChI is InChI=1S/C16H17BrFN3/c1-19-16(20-10-12-5-7-15(18)8-6-12)21-11-13-3-2-4-14(17)9-13/h2-9H,10-11H2,1H3,(H2,19,20,21). The lowest BCUT2D eigenvalue weighted by Gasteiger charge is -2.12. The molecule has 0 saturated carbocycles. The van der Waals surface area contributed by atoms with Crippen LogP contribution in [-0.4, -0.2) is 13.0 Å². The maximum atomic E-state index is 12.8. The van der Waals surface area contributed by atoms with Crippen molar-refractivity contribution < 1.29 is 4.39 Å². The summed E-state index contributed by atoms with van der Waals surface area (Å²) in [7, 11) is 1.72. The van der Waals surface area contributed by atoms with Crippen LogP contribution in [0.3, 0.4) is 0 Å². The van der Waals surface area contributed by atoms with E-state index in [4.69, 9.17) is 0 Å². The molecule has 0 bridgehead atoms. The molecule has 0 aromatic heterocycles. The van der Waals surface area contributed by atoms with Gasteiger partial charge in [-0.2, -0.15) is 0 Å². The minimum absolute atomic E-state index is 0.226. The van der Waals surface area contributed by atoms with Gasteiger partial charge in [0.15, 0.2) is 5.96 Å². The fourth-order valence-electron chi connectivity index (χ4n) is 1.84. The molecule has 3 nitrogen and oxygen atoms in total. The van der Waals surface area contributed by atoms with Crippen molar-refractivity contribution in [1.82, 2.24) is 10.6 Å². The fraction of sp³-hybridized carbons (Fsp3) is 0.188. The second kappa shape index (κ2) is 7.78. The summed E-state index contributed by atoms with van der Waals surface area (Å²) in [5.74, 6) is 0.482. The maximum absolute atomic E-state index is 12.8. The summed E-state index contributed by atoms with van der Waals surface area (Å²) >= 11 is 3.45. The zero-order valence-corrected chi connectivity index (χ0v) is 13.3. The van der Waals surface area contributed by atoms with Crippen LogP contribution >= 0.6 is 15.9 Å². The molecule has 0 aliphatic rings. The summed E-state index contributed by atoms with van der Waals surface area (Å²) in [6.45, 7) is 1.28. The maximum Gasteiger partial charge on any atom is 0.191 e. The monoisotopic (exact) mass is 349 g/mol. The largest absolute Gasteiger partial charge is 0.352 e. The molecule has 0 radical (unpaired) electrons. The summed E-state index contributed by atoms with van der Waals surface area (Å²) in [5, 5.41) is 6.43. The highest BCUT2D eigenvalue weighted by molar-refractivity contribution is 9.10. The molecule has 0 heterocycles. The molecule has 2 N–H and O–H groups in total. The van der Waals surface area contributed by atoms with Gasteiger partial charge in [0.05, 0.1) is 0 Å². The van der Waals surface area contributed by atoms with Gasteiger partial charge in [-0.1, -0.05) is 40.2 Å². The molecule has 2 aromatic rings. The summed E-state index contributed by atoms with van der Waals surface area (Å²) < 4.78 is 13.9. The van der Waals surface area contributed by atoms with E-state index in [1.807, 2.05) is 18.2 Å². The highest BCUT2D eigenvalue weighted by Crippen LogP contribution is 2.11. The number of hydrogen-bond acceptors (Lipinski definition) is 1. The summed E-state index contributed by atoms with van der Waals surface area (Å²) in [5.41, 5.74) is 2.16. The van der Waals surface area contributed by atoms with Gasteiger partial charge in [0, 0.05) is 24.6 Å². The van der Waals surface area contributed by atoms with Crippen LogP contribution in [0.1, 0.15) is 11.1 Å². The van der Waals surface area contributed by atoms with E-state index in [1.54, 1.807) is 19.2 Å². The van der Waals surface area contributed by atoms with Gasteiger partial charge in [0.2, 0.25) is 0 Å². The SMILES string of the molecule is CN=C(NCc1ccc(F)cc1)NCc1cccc(Br)c1. The molecule has 2 rings (SSSR count). The molecule has 2 aromatic carbocycles. The van der Waals surface area contributed by atoms with Gasteiger partial charge in [-0.3, -0.25) is 4.99 Å². The van der Waals surface area contributed by atoms with E-state index in [0.717, 1.165) is 15.6 Å². The van der Waals surface area contributed by atoms with Gasteiger partial charge in [-0.25, -0.2) is 4.39 Å². The average Bonchev–Trinajstić information content (AvgIpc) is 2.49. The number of hydrogen-bond donors (Lipinski definition) is 2. The number of halogens is 2. The molecule has 0 aliphatic carbocycles. The summed E-state index contributed by atoms with van der Waals surface area (Å²) in [6.07, 6.45) is 0. The number of nitrogens with zero attached hydrogens (tertiary/aromatic N) is 1. The van der Waals surface area contributed by atoms with E-state index in [9.17, 15) is 4.39 Å². The minimum atomic E-state index is -0.226. The second-order valence-corrected chi connectivity index (χ2v) is 5.45. The van der Waals surface area contributed by atoms with Crippen molar-refractivity contribution in [2.75, 3.05) is 7.05 Å². The van der Waals surface area contributed by atoms with Crippen molar-refractivity contribution in [3.8, 4) is 0 Å². The van der Waals surface area contributed by atoms with Crippen LogP contribution in [0.15, 0.2) is 58.0 Å². The lowest BCUT2D eigenvalue weighted by Crippen LogP contribution is -2.36. The Bertz CT molecular complexity index is 611. The molecular weight excluding hydrogens is 333 g/mol. The number of nitrogens with one attached hydrogen (secondary N) is 2. The van der Waals surface area contributed by atoms with Crippen molar-refractivity contribution in [2.24, 2.45) is 4.99 Å². The first kappa shape index (κ1) is 15.5. The van der Waals surface area contributed by atoms with Gasteiger partial charge in [-0.05, 0) is 35.4 Å². The summed E-state index contributed by atoms with van der Waals surface area (Å²) in [4.78, 5) is 4.17. The Kier molecular flexibility index (Phi) is 5.75. The van der Waals surface area contributed by atoms with Crippen molar-refractivity contribution in [2.45, 2.75) is 13.1 Å².